The van der Waals surface area contributed by atoms with Gasteiger partial charge in [0, 0.05) is 33.3 Å². The minimum Gasteiger partial charge on any atom is -0.543 e. The summed E-state index contributed by atoms with van der Waals surface area (Å²) in [6, 6.07) is 8.92. The first-order chi connectivity index (χ1) is 12.3. The quantitative estimate of drug-likeness (QED) is 0.323. The summed E-state index contributed by atoms with van der Waals surface area (Å²) in [5.41, 5.74) is 0.891. The zero-order valence-electron chi connectivity index (χ0n) is 14.0. The Balaban J connectivity index is 0.00000261. The monoisotopic (exact) mass is 412 g/mol. The predicted molar refractivity (Wildman–Crippen MR) is 98.4 cm³/mol. The van der Waals surface area contributed by atoms with Crippen molar-refractivity contribution in [1.82, 2.24) is 4.98 Å². The molecule has 1 aromatic heterocycles. The van der Waals surface area contributed by atoms with Gasteiger partial charge in [-0.2, -0.15) is 0 Å². The minimum atomic E-state index is -1.44. The number of hydrogen-bond acceptors (Lipinski definition) is 4. The molecule has 0 spiro atoms. The van der Waals surface area contributed by atoms with E-state index in [-0.39, 0.29) is 51.6 Å². The third-order valence-corrected chi connectivity index (χ3v) is 4.11. The number of phenols is 1. The van der Waals surface area contributed by atoms with E-state index < -0.39 is 11.9 Å². The van der Waals surface area contributed by atoms with Crippen LogP contribution < -0.4 is 40.0 Å². The molecule has 1 heterocycles. The number of hydrogen-bond donors (Lipinski definition) is 3. The third-order valence-electron chi connectivity index (χ3n) is 3.59. The van der Waals surface area contributed by atoms with E-state index >= 15 is 0 Å². The van der Waals surface area contributed by atoms with Crippen LogP contribution in [0.4, 0.5) is 5.69 Å². The van der Waals surface area contributed by atoms with Crippen LogP contribution in [-0.4, -0.2) is 22.0 Å². The van der Waals surface area contributed by atoms with E-state index in [4.69, 9.17) is 23.2 Å². The number of benzene rings is 2. The van der Waals surface area contributed by atoms with Crippen molar-refractivity contribution < 1.29 is 49.4 Å². The minimum absolute atomic E-state index is 0. The Kier molecular flexibility index (Phi) is 6.97. The number of aromatic carboxylic acids is 1. The molecule has 3 aromatic rings. The van der Waals surface area contributed by atoms with E-state index in [9.17, 15) is 19.8 Å². The number of amides is 1. The molecule has 0 aliphatic rings. The van der Waals surface area contributed by atoms with Crippen molar-refractivity contribution in [2.45, 2.75) is 0 Å². The van der Waals surface area contributed by atoms with Gasteiger partial charge in [-0.05, 0) is 42.5 Å². The number of carbonyl (C=O) groups is 2. The van der Waals surface area contributed by atoms with Crippen LogP contribution in [0.3, 0.4) is 0 Å². The Hall–Kier alpha value is -1.96. The molecule has 0 aliphatic heterocycles. The van der Waals surface area contributed by atoms with E-state index in [1.165, 1.54) is 48.6 Å². The summed E-state index contributed by atoms with van der Waals surface area (Å²) in [4.78, 5) is 26.1. The van der Waals surface area contributed by atoms with Gasteiger partial charge in [0.05, 0.1) is 16.7 Å². The van der Waals surface area contributed by atoms with Crippen molar-refractivity contribution in [3.05, 3.63) is 63.8 Å². The van der Waals surface area contributed by atoms with E-state index in [1.807, 2.05) is 0 Å². The van der Waals surface area contributed by atoms with Gasteiger partial charge in [-0.3, -0.25) is 4.79 Å². The number of aromatic amines is 1. The fourth-order valence-electron chi connectivity index (χ4n) is 2.49. The van der Waals surface area contributed by atoms with Crippen molar-refractivity contribution in [2.75, 3.05) is 5.32 Å². The number of halogens is 2. The van der Waals surface area contributed by atoms with Gasteiger partial charge >= 0.3 is 29.6 Å². The van der Waals surface area contributed by atoms with Crippen LogP contribution in [0, 0.1) is 0 Å². The number of carbonyl (C=O) groups excluding carboxylic acids is 2. The second-order valence-corrected chi connectivity index (χ2v) is 6.22. The zero-order valence-corrected chi connectivity index (χ0v) is 17.6. The standard InChI is InChI=1S/C18H12Cl2N2O4.Na/c19-9-7-13(20)16-12(17(18(25)26)22-14(16)8-9)5-6-15(24)21-10-1-3-11(23)4-2-10;/h1-8,22-23H,(H,21,24)(H,25,26);/q;+1/p-1/b6-5+;. The molecule has 0 unspecified atom stereocenters. The molecule has 6 nitrogen and oxygen atoms in total. The molecule has 0 saturated heterocycles. The second kappa shape index (κ2) is 8.82. The number of fused-ring (bicyclic) bond motifs is 1. The number of carboxylic acids is 1. The fraction of sp³-hybridized carbons (Fsp3) is 0. The van der Waals surface area contributed by atoms with Crippen LogP contribution in [0.25, 0.3) is 17.0 Å². The molecule has 132 valence electrons. The molecule has 2 aromatic carbocycles. The number of nitrogens with one attached hydrogen (secondary N) is 2. The third kappa shape index (κ3) is 4.86. The summed E-state index contributed by atoms with van der Waals surface area (Å²) >= 11 is 12.1. The van der Waals surface area contributed by atoms with Crippen LogP contribution in [0.5, 0.6) is 5.75 Å². The predicted octanol–water partition coefficient (Wildman–Crippen LogP) is 0.200. The van der Waals surface area contributed by atoms with E-state index in [2.05, 4.69) is 10.3 Å². The first-order valence-electron chi connectivity index (χ1n) is 7.35. The summed E-state index contributed by atoms with van der Waals surface area (Å²) in [5.74, 6) is -1.85. The first-order valence-corrected chi connectivity index (χ1v) is 8.11. The molecule has 0 aliphatic carbocycles. The molecule has 1 amide bonds. The molecule has 0 saturated carbocycles. The molecule has 0 bridgehead atoms. The van der Waals surface area contributed by atoms with E-state index in [0.717, 1.165) is 0 Å². The van der Waals surface area contributed by atoms with Crippen molar-refractivity contribution in [3.8, 4) is 5.75 Å². The average molecular weight is 413 g/mol. The number of carboxylic acid groups (broad SMARTS) is 1. The molecule has 3 N–H and O–H groups in total. The summed E-state index contributed by atoms with van der Waals surface area (Å²) in [5, 5.41) is 24.2. The molecule has 0 fully saturated rings. The number of aromatic nitrogens is 1. The summed E-state index contributed by atoms with van der Waals surface area (Å²) in [6.07, 6.45) is 2.51. The average Bonchev–Trinajstić information content (AvgIpc) is 2.94. The van der Waals surface area contributed by atoms with Gasteiger partial charge in [-0.1, -0.05) is 23.2 Å². The summed E-state index contributed by atoms with van der Waals surface area (Å²) in [7, 11) is 0. The van der Waals surface area contributed by atoms with Crippen molar-refractivity contribution in [1.29, 1.82) is 0 Å². The summed E-state index contributed by atoms with van der Waals surface area (Å²) in [6.45, 7) is 0. The summed E-state index contributed by atoms with van der Waals surface area (Å²) < 4.78 is 0. The smallest absolute Gasteiger partial charge is 0.543 e. The number of anilines is 1. The molecule has 0 atom stereocenters. The second-order valence-electron chi connectivity index (χ2n) is 5.38. The SMILES string of the molecule is O=C(/C=C/c1c(C(=O)[O-])[nH]c2cc(Cl)cc(Cl)c12)Nc1ccc(O)cc1.[Na+]. The molecule has 3 rings (SSSR count). The molecular formula is C18H11Cl2N2NaO4. The zero-order chi connectivity index (χ0) is 18.8. The maximum Gasteiger partial charge on any atom is 1.00 e. The Morgan fingerprint density at radius 3 is 2.44 bits per heavy atom. The normalized spacial score (nSPS) is 10.7. The Labute approximate surface area is 186 Å². The van der Waals surface area contributed by atoms with Gasteiger partial charge in [0.15, 0.2) is 0 Å². The van der Waals surface area contributed by atoms with Crippen molar-refractivity contribution in [2.24, 2.45) is 0 Å². The molecule has 0 radical (unpaired) electrons. The maximum atomic E-state index is 12.1. The van der Waals surface area contributed by atoms with Crippen molar-refractivity contribution in [3.63, 3.8) is 0 Å². The Morgan fingerprint density at radius 1 is 1.15 bits per heavy atom. The largest absolute Gasteiger partial charge is 1.00 e. The molecule has 27 heavy (non-hydrogen) atoms. The van der Waals surface area contributed by atoms with Crippen molar-refractivity contribution >= 4 is 57.7 Å². The van der Waals surface area contributed by atoms with Gasteiger partial charge in [0.25, 0.3) is 0 Å². The van der Waals surface area contributed by atoms with Gasteiger partial charge in [0.1, 0.15) is 5.75 Å². The van der Waals surface area contributed by atoms with E-state index in [0.29, 0.717) is 21.6 Å². The van der Waals surface area contributed by atoms with Gasteiger partial charge in [-0.15, -0.1) is 0 Å². The fourth-order valence-corrected chi connectivity index (χ4v) is 3.08. The van der Waals surface area contributed by atoms with Crippen LogP contribution in [0.15, 0.2) is 42.5 Å². The topological polar surface area (TPSA) is 105 Å². The maximum absolute atomic E-state index is 12.1. The number of aromatic hydroxyl groups is 1. The van der Waals surface area contributed by atoms with E-state index in [1.54, 1.807) is 0 Å². The van der Waals surface area contributed by atoms with Crippen LogP contribution in [0.2, 0.25) is 10.0 Å². The Morgan fingerprint density at radius 2 is 1.81 bits per heavy atom. The first kappa shape index (κ1) is 21.3. The van der Waals surface area contributed by atoms with Gasteiger partial charge in [-0.25, -0.2) is 0 Å². The van der Waals surface area contributed by atoms with Gasteiger partial charge in [0.2, 0.25) is 5.91 Å². The number of rotatable bonds is 4. The van der Waals surface area contributed by atoms with Crippen LogP contribution in [-0.2, 0) is 4.79 Å². The number of H-pyrrole nitrogens is 1. The Bertz CT molecular complexity index is 1050. The molecular weight excluding hydrogens is 402 g/mol. The molecule has 9 heteroatoms. The van der Waals surface area contributed by atoms with Crippen LogP contribution >= 0.6 is 23.2 Å². The van der Waals surface area contributed by atoms with Gasteiger partial charge < -0.3 is 25.3 Å². The number of phenolic OH excluding ortho intramolecular Hbond substituents is 1. The van der Waals surface area contributed by atoms with Crippen LogP contribution in [0.1, 0.15) is 16.1 Å².